The van der Waals surface area contributed by atoms with Gasteiger partial charge in [-0.15, -0.1) is 11.3 Å². The summed E-state index contributed by atoms with van der Waals surface area (Å²) < 4.78 is 45.0. The summed E-state index contributed by atoms with van der Waals surface area (Å²) in [6, 6.07) is 6.54. The van der Waals surface area contributed by atoms with Gasteiger partial charge >= 0.3 is 6.18 Å². The minimum Gasteiger partial charge on any atom is -0.382 e. The first-order chi connectivity index (χ1) is 18.2. The highest BCUT2D eigenvalue weighted by Crippen LogP contribution is 2.34. The van der Waals surface area contributed by atoms with E-state index in [2.05, 4.69) is 15.5 Å². The zero-order chi connectivity index (χ0) is 29.0. The number of amides is 2. The van der Waals surface area contributed by atoms with E-state index in [1.807, 2.05) is 32.2 Å². The Labute approximate surface area is 227 Å². The minimum atomic E-state index is -4.50. The van der Waals surface area contributed by atoms with Gasteiger partial charge in [-0.2, -0.15) is 18.2 Å². The zero-order valence-electron chi connectivity index (χ0n) is 21.9. The molecule has 3 atom stereocenters. The van der Waals surface area contributed by atoms with Crippen molar-refractivity contribution in [3.63, 3.8) is 0 Å². The summed E-state index contributed by atoms with van der Waals surface area (Å²) in [5.41, 5.74) is 0.790. The Morgan fingerprint density at radius 1 is 1.15 bits per heavy atom. The lowest BCUT2D eigenvalue weighted by molar-refractivity contribution is -0.146. The van der Waals surface area contributed by atoms with Crippen LogP contribution in [0, 0.1) is 18.3 Å². The van der Waals surface area contributed by atoms with Crippen LogP contribution in [0.3, 0.4) is 0 Å². The summed E-state index contributed by atoms with van der Waals surface area (Å²) in [5, 5.41) is 28.2. The molecule has 0 bridgehead atoms. The molecule has 0 unspecified atom stereocenters. The summed E-state index contributed by atoms with van der Waals surface area (Å²) in [6.45, 7) is 7.06. The van der Waals surface area contributed by atoms with Crippen molar-refractivity contribution in [2.24, 2.45) is 11.3 Å². The topological polar surface area (TPSA) is 138 Å². The van der Waals surface area contributed by atoms with E-state index in [9.17, 15) is 27.9 Å². The molecule has 4 N–H and O–H groups in total. The molecule has 2 aromatic heterocycles. The molecule has 0 fully saturated rings. The first kappa shape index (κ1) is 30.3. The van der Waals surface area contributed by atoms with Crippen molar-refractivity contribution in [3.05, 3.63) is 58.2 Å². The zero-order valence-corrected chi connectivity index (χ0v) is 22.7. The van der Waals surface area contributed by atoms with E-state index in [0.29, 0.717) is 11.1 Å². The molecule has 13 heteroatoms. The molecule has 2 amide bonds. The van der Waals surface area contributed by atoms with Gasteiger partial charge in [0, 0.05) is 0 Å². The highest BCUT2D eigenvalue weighted by molar-refractivity contribution is 7.13. The number of aryl methyl sites for hydroxylation is 2. The number of aliphatic hydroxyl groups excluding tert-OH is 1. The van der Waals surface area contributed by atoms with E-state index >= 15 is 0 Å². The lowest BCUT2D eigenvalue weighted by atomic mass is 9.85. The van der Waals surface area contributed by atoms with Gasteiger partial charge in [0.1, 0.15) is 6.10 Å². The predicted molar refractivity (Wildman–Crippen MR) is 136 cm³/mol. The first-order valence-corrected chi connectivity index (χ1v) is 13.1. The monoisotopic (exact) mass is 568 g/mol. The van der Waals surface area contributed by atoms with Gasteiger partial charge in [0.15, 0.2) is 5.82 Å². The SMILES string of the molecule is Cc1cc(CCC[C@@H](C(=O)N[C@H](c2noc(-c3cccs3)n2)C(C)(C)C)[C@H](O)C(=O)NO)cc(C(F)(F)F)c1. The number of aromatic nitrogens is 2. The lowest BCUT2D eigenvalue weighted by Crippen LogP contribution is -2.48. The standard InChI is InChI=1S/C26H31F3N4O5S/c1-14-11-15(13-16(12-14)26(27,28)29)7-5-8-17(19(34)23(36)32-37)22(35)30-20(25(2,3)4)21-31-24(38-33-21)18-9-6-10-39-18/h6,9-13,17,19-20,34,37H,5,7-8H2,1-4H3,(H,30,35)(H,32,36)/t17-,19+,20-/m1/s1. The smallest absolute Gasteiger partial charge is 0.382 e. The largest absolute Gasteiger partial charge is 0.416 e. The highest BCUT2D eigenvalue weighted by Gasteiger charge is 2.38. The number of nitrogens with zero attached hydrogens (tertiary/aromatic N) is 2. The molecule has 0 saturated heterocycles. The van der Waals surface area contributed by atoms with Crippen LogP contribution >= 0.6 is 11.3 Å². The third-order valence-corrected chi connectivity index (χ3v) is 6.98. The third-order valence-electron chi connectivity index (χ3n) is 6.13. The van der Waals surface area contributed by atoms with Crippen LogP contribution in [0.1, 0.15) is 62.2 Å². The number of hydroxylamine groups is 1. The normalized spacial score (nSPS) is 14.5. The number of thiophene rings is 1. The number of halogens is 3. The fourth-order valence-corrected chi connectivity index (χ4v) is 4.79. The summed E-state index contributed by atoms with van der Waals surface area (Å²) in [4.78, 5) is 30.6. The second-order valence-corrected chi connectivity index (χ2v) is 11.3. The number of rotatable bonds is 10. The van der Waals surface area contributed by atoms with Gasteiger partial charge in [0.25, 0.3) is 11.8 Å². The molecular formula is C26H31F3N4O5S. The van der Waals surface area contributed by atoms with E-state index in [1.165, 1.54) is 16.8 Å². The van der Waals surface area contributed by atoms with Crippen LogP contribution in [0.25, 0.3) is 10.8 Å². The number of hydrogen-bond acceptors (Lipinski definition) is 8. The Hall–Kier alpha value is -3.29. The number of carbonyl (C=O) groups excluding carboxylic acids is 2. The quantitative estimate of drug-likeness (QED) is 0.203. The summed E-state index contributed by atoms with van der Waals surface area (Å²) in [5.74, 6) is -2.75. The van der Waals surface area contributed by atoms with E-state index in [4.69, 9.17) is 9.73 Å². The van der Waals surface area contributed by atoms with Crippen molar-refractivity contribution in [1.82, 2.24) is 20.9 Å². The maximum absolute atomic E-state index is 13.4. The molecule has 2 heterocycles. The van der Waals surface area contributed by atoms with Crippen molar-refractivity contribution in [2.45, 2.75) is 65.3 Å². The van der Waals surface area contributed by atoms with Gasteiger partial charge in [0.2, 0.25) is 5.91 Å². The number of carbonyl (C=O) groups is 2. The highest BCUT2D eigenvalue weighted by atomic mass is 32.1. The molecule has 0 aliphatic carbocycles. The summed E-state index contributed by atoms with van der Waals surface area (Å²) >= 11 is 1.40. The van der Waals surface area contributed by atoms with Gasteiger partial charge in [-0.3, -0.25) is 14.8 Å². The molecule has 1 aromatic carbocycles. The molecule has 9 nitrogen and oxygen atoms in total. The maximum atomic E-state index is 13.4. The van der Waals surface area contributed by atoms with Gasteiger partial charge in [-0.25, -0.2) is 5.48 Å². The second kappa shape index (κ2) is 12.3. The van der Waals surface area contributed by atoms with E-state index in [-0.39, 0.29) is 31.0 Å². The van der Waals surface area contributed by atoms with E-state index < -0.39 is 47.0 Å². The number of nitrogens with one attached hydrogen (secondary N) is 2. The predicted octanol–water partition coefficient (Wildman–Crippen LogP) is 4.83. The number of hydrogen-bond donors (Lipinski definition) is 4. The summed E-state index contributed by atoms with van der Waals surface area (Å²) in [7, 11) is 0. The summed E-state index contributed by atoms with van der Waals surface area (Å²) in [6.07, 6.45) is -6.12. The molecular weight excluding hydrogens is 537 g/mol. The Balaban J connectivity index is 1.79. The molecule has 212 valence electrons. The fourth-order valence-electron chi connectivity index (χ4n) is 4.15. The van der Waals surface area contributed by atoms with Gasteiger partial charge in [0.05, 0.1) is 22.4 Å². The minimum absolute atomic E-state index is 0.0563. The molecule has 0 saturated carbocycles. The van der Waals surface area contributed by atoms with E-state index in [1.54, 1.807) is 19.1 Å². The molecule has 0 aliphatic heterocycles. The fraction of sp³-hybridized carbons (Fsp3) is 0.462. The first-order valence-electron chi connectivity index (χ1n) is 12.2. The van der Waals surface area contributed by atoms with Crippen LogP contribution in [0.15, 0.2) is 40.2 Å². The molecule has 39 heavy (non-hydrogen) atoms. The maximum Gasteiger partial charge on any atom is 0.416 e. The third kappa shape index (κ3) is 7.87. The molecule has 0 radical (unpaired) electrons. The van der Waals surface area contributed by atoms with Crippen LogP contribution in [0.4, 0.5) is 13.2 Å². The molecule has 3 rings (SSSR count). The lowest BCUT2D eigenvalue weighted by Gasteiger charge is -2.31. The van der Waals surface area contributed by atoms with Crippen molar-refractivity contribution >= 4 is 23.2 Å². The van der Waals surface area contributed by atoms with Gasteiger partial charge in [-0.05, 0) is 60.7 Å². The Morgan fingerprint density at radius 3 is 2.46 bits per heavy atom. The molecule has 0 spiro atoms. The Bertz CT molecular complexity index is 1270. The Morgan fingerprint density at radius 2 is 1.87 bits per heavy atom. The molecule has 3 aromatic rings. The van der Waals surface area contributed by atoms with Crippen LogP contribution in [0.2, 0.25) is 0 Å². The van der Waals surface area contributed by atoms with Crippen molar-refractivity contribution in [3.8, 4) is 10.8 Å². The number of benzene rings is 1. The van der Waals surface area contributed by atoms with Crippen molar-refractivity contribution in [2.75, 3.05) is 0 Å². The molecule has 0 aliphatic rings. The second-order valence-electron chi connectivity index (χ2n) is 10.4. The van der Waals surface area contributed by atoms with Gasteiger partial charge < -0.3 is 14.9 Å². The van der Waals surface area contributed by atoms with Crippen molar-refractivity contribution in [1.29, 1.82) is 0 Å². The number of alkyl halides is 3. The van der Waals surface area contributed by atoms with Crippen LogP contribution in [0.5, 0.6) is 0 Å². The number of aliphatic hydroxyl groups is 1. The van der Waals surface area contributed by atoms with Crippen LogP contribution < -0.4 is 10.8 Å². The van der Waals surface area contributed by atoms with Crippen LogP contribution in [-0.4, -0.2) is 38.4 Å². The Kier molecular flexibility index (Phi) is 9.51. The average molecular weight is 569 g/mol. The average Bonchev–Trinajstić information content (AvgIpc) is 3.55. The van der Waals surface area contributed by atoms with Gasteiger partial charge in [-0.1, -0.05) is 43.6 Å². The van der Waals surface area contributed by atoms with Crippen molar-refractivity contribution < 1.29 is 37.6 Å². The van der Waals surface area contributed by atoms with Crippen LogP contribution in [-0.2, 0) is 22.2 Å². The van der Waals surface area contributed by atoms with E-state index in [0.717, 1.165) is 17.0 Å².